The largest absolute Gasteiger partial charge is 0.480 e. The lowest BCUT2D eigenvalue weighted by atomic mass is 9.96. The van der Waals surface area contributed by atoms with Gasteiger partial charge < -0.3 is 15.7 Å². The minimum Gasteiger partial charge on any atom is -0.480 e. The molecule has 0 radical (unpaired) electrons. The molecule has 6 heteroatoms. The van der Waals surface area contributed by atoms with Gasteiger partial charge in [-0.25, -0.2) is 9.59 Å². The summed E-state index contributed by atoms with van der Waals surface area (Å²) in [6, 6.07) is 1.39. The molecule has 1 heterocycles. The summed E-state index contributed by atoms with van der Waals surface area (Å²) in [6.07, 6.45) is 5.05. The second kappa shape index (κ2) is 5.48. The van der Waals surface area contributed by atoms with Crippen LogP contribution >= 0.6 is 0 Å². The van der Waals surface area contributed by atoms with Crippen molar-refractivity contribution in [2.45, 2.75) is 38.8 Å². The lowest BCUT2D eigenvalue weighted by Gasteiger charge is -2.26. The zero-order valence-electron chi connectivity index (χ0n) is 11.6. The maximum absolute atomic E-state index is 11.9. The molecule has 2 rings (SSSR count). The van der Waals surface area contributed by atoms with Gasteiger partial charge in [-0.1, -0.05) is 0 Å². The zero-order chi connectivity index (χ0) is 14.8. The Morgan fingerprint density at radius 1 is 1.50 bits per heavy atom. The monoisotopic (exact) mass is 277 g/mol. The number of carboxylic acid groups (broad SMARTS) is 1. The van der Waals surface area contributed by atoms with Gasteiger partial charge in [0, 0.05) is 18.9 Å². The molecule has 1 aromatic heterocycles. The molecule has 1 saturated carbocycles. The van der Waals surface area contributed by atoms with Crippen LogP contribution in [0.15, 0.2) is 18.5 Å². The predicted octanol–water partition coefficient (Wildman–Crippen LogP) is 1.44. The Morgan fingerprint density at radius 2 is 2.20 bits per heavy atom. The van der Waals surface area contributed by atoms with E-state index >= 15 is 0 Å². The van der Waals surface area contributed by atoms with Gasteiger partial charge in [-0.3, -0.25) is 4.98 Å². The van der Waals surface area contributed by atoms with E-state index in [1.54, 1.807) is 19.3 Å². The van der Waals surface area contributed by atoms with Crippen LogP contribution in [0.3, 0.4) is 0 Å². The first-order valence-electron chi connectivity index (χ1n) is 6.62. The van der Waals surface area contributed by atoms with E-state index in [1.165, 1.54) is 0 Å². The van der Waals surface area contributed by atoms with Crippen LogP contribution in [0.25, 0.3) is 0 Å². The maximum Gasteiger partial charge on any atom is 0.329 e. The van der Waals surface area contributed by atoms with E-state index in [-0.39, 0.29) is 5.92 Å². The van der Waals surface area contributed by atoms with E-state index in [9.17, 15) is 14.7 Å². The molecule has 6 nitrogen and oxygen atoms in total. The summed E-state index contributed by atoms with van der Waals surface area (Å²) in [5.41, 5.74) is 0.753. The second-order valence-corrected chi connectivity index (χ2v) is 5.39. The van der Waals surface area contributed by atoms with Crippen molar-refractivity contribution in [3.05, 3.63) is 29.6 Å². The molecule has 108 valence electrons. The number of carboxylic acids is 1. The number of nitrogens with zero attached hydrogens (tertiary/aromatic N) is 1. The minimum absolute atomic E-state index is 0.0193. The Kier molecular flexibility index (Phi) is 3.92. The molecule has 0 aliphatic heterocycles. The van der Waals surface area contributed by atoms with E-state index in [1.807, 2.05) is 13.0 Å². The number of pyridine rings is 1. The van der Waals surface area contributed by atoms with Crippen LogP contribution in [0.5, 0.6) is 0 Å². The highest BCUT2D eigenvalue weighted by Crippen LogP contribution is 2.39. The number of urea groups is 1. The van der Waals surface area contributed by atoms with Gasteiger partial charge >= 0.3 is 12.0 Å². The summed E-state index contributed by atoms with van der Waals surface area (Å²) >= 11 is 0. The molecule has 0 aromatic carbocycles. The normalized spacial score (nSPS) is 17.1. The van der Waals surface area contributed by atoms with Crippen molar-refractivity contribution in [3.63, 3.8) is 0 Å². The van der Waals surface area contributed by atoms with E-state index in [4.69, 9.17) is 0 Å². The highest BCUT2D eigenvalue weighted by Gasteiger charge is 2.48. The van der Waals surface area contributed by atoms with Crippen LogP contribution in [0.1, 0.15) is 30.9 Å². The summed E-state index contributed by atoms with van der Waals surface area (Å²) in [5, 5.41) is 14.5. The van der Waals surface area contributed by atoms with Crippen LogP contribution < -0.4 is 10.6 Å². The van der Waals surface area contributed by atoms with Gasteiger partial charge in [0.1, 0.15) is 5.54 Å². The molecule has 1 aliphatic rings. The molecule has 3 N–H and O–H groups in total. The average molecular weight is 277 g/mol. The van der Waals surface area contributed by atoms with E-state index in [0.29, 0.717) is 6.54 Å². The Hall–Kier alpha value is -2.11. The number of aryl methyl sites for hydroxylation is 1. The Labute approximate surface area is 117 Å². The van der Waals surface area contributed by atoms with Gasteiger partial charge in [0.05, 0.1) is 0 Å². The summed E-state index contributed by atoms with van der Waals surface area (Å²) < 4.78 is 0. The van der Waals surface area contributed by atoms with Crippen molar-refractivity contribution in [3.8, 4) is 0 Å². The van der Waals surface area contributed by atoms with Gasteiger partial charge in [0.25, 0.3) is 0 Å². The van der Waals surface area contributed by atoms with Crippen LogP contribution in [0.2, 0.25) is 0 Å². The van der Waals surface area contributed by atoms with Crippen molar-refractivity contribution < 1.29 is 14.7 Å². The first-order chi connectivity index (χ1) is 9.43. The lowest BCUT2D eigenvalue weighted by molar-refractivity contribution is -0.144. The molecular weight excluding hydrogens is 258 g/mol. The Bertz CT molecular complexity index is 528. The molecule has 0 saturated heterocycles. The summed E-state index contributed by atoms with van der Waals surface area (Å²) in [4.78, 5) is 27.2. The topological polar surface area (TPSA) is 91.3 Å². The van der Waals surface area contributed by atoms with Gasteiger partial charge in [-0.15, -0.1) is 0 Å². The van der Waals surface area contributed by atoms with Gasteiger partial charge in [-0.2, -0.15) is 0 Å². The second-order valence-electron chi connectivity index (χ2n) is 5.39. The number of amides is 2. The molecule has 0 spiro atoms. The van der Waals surface area contributed by atoms with Crippen molar-refractivity contribution in [2.75, 3.05) is 0 Å². The molecule has 1 fully saturated rings. The predicted molar refractivity (Wildman–Crippen MR) is 73.1 cm³/mol. The third-order valence-electron chi connectivity index (χ3n) is 3.80. The number of hydrogen-bond donors (Lipinski definition) is 3. The SMILES string of the molecule is Cc1ccncc1CNC(=O)NC(C)(C(=O)O)C1CC1. The quantitative estimate of drug-likeness (QED) is 0.759. The third kappa shape index (κ3) is 3.07. The van der Waals surface area contributed by atoms with E-state index < -0.39 is 17.5 Å². The van der Waals surface area contributed by atoms with Crippen LogP contribution in [0.4, 0.5) is 4.79 Å². The number of carbonyl (C=O) groups excluding carboxylic acids is 1. The maximum atomic E-state index is 11.9. The van der Waals surface area contributed by atoms with Crippen molar-refractivity contribution in [1.29, 1.82) is 0 Å². The van der Waals surface area contributed by atoms with Crippen LogP contribution in [0, 0.1) is 12.8 Å². The van der Waals surface area contributed by atoms with Gasteiger partial charge in [0.2, 0.25) is 0 Å². The molecule has 1 atom stereocenters. The first kappa shape index (κ1) is 14.3. The number of carbonyl (C=O) groups is 2. The molecule has 0 bridgehead atoms. The summed E-state index contributed by atoms with van der Waals surface area (Å²) in [6.45, 7) is 3.82. The standard InChI is InChI=1S/C14H19N3O3/c1-9-5-6-15-7-10(9)8-16-13(20)17-14(2,12(18)19)11-3-4-11/h5-7,11H,3-4,8H2,1-2H3,(H,18,19)(H2,16,17,20). The first-order valence-corrected chi connectivity index (χ1v) is 6.62. The Morgan fingerprint density at radius 3 is 2.75 bits per heavy atom. The third-order valence-corrected chi connectivity index (χ3v) is 3.80. The highest BCUT2D eigenvalue weighted by molar-refractivity contribution is 5.86. The number of nitrogens with one attached hydrogen (secondary N) is 2. The number of hydrogen-bond acceptors (Lipinski definition) is 3. The van der Waals surface area contributed by atoms with Crippen LogP contribution in [-0.2, 0) is 11.3 Å². The fraction of sp³-hybridized carbons (Fsp3) is 0.500. The van der Waals surface area contributed by atoms with Crippen LogP contribution in [-0.4, -0.2) is 27.6 Å². The fourth-order valence-electron chi connectivity index (χ4n) is 2.13. The number of aromatic nitrogens is 1. The van der Waals surface area contributed by atoms with Gasteiger partial charge in [-0.05, 0) is 49.8 Å². The lowest BCUT2D eigenvalue weighted by Crippen LogP contribution is -2.56. The van der Waals surface area contributed by atoms with Crippen molar-refractivity contribution >= 4 is 12.0 Å². The van der Waals surface area contributed by atoms with E-state index in [2.05, 4.69) is 15.6 Å². The smallest absolute Gasteiger partial charge is 0.329 e. The van der Waals surface area contributed by atoms with Crippen molar-refractivity contribution in [2.24, 2.45) is 5.92 Å². The minimum atomic E-state index is -1.19. The molecule has 1 aliphatic carbocycles. The molecule has 1 unspecified atom stereocenters. The molecule has 2 amide bonds. The van der Waals surface area contributed by atoms with Crippen molar-refractivity contribution in [1.82, 2.24) is 15.6 Å². The molecule has 20 heavy (non-hydrogen) atoms. The fourth-order valence-corrected chi connectivity index (χ4v) is 2.13. The molecule has 1 aromatic rings. The zero-order valence-corrected chi connectivity index (χ0v) is 11.6. The van der Waals surface area contributed by atoms with E-state index in [0.717, 1.165) is 24.0 Å². The van der Waals surface area contributed by atoms with Gasteiger partial charge in [0.15, 0.2) is 0 Å². The summed E-state index contributed by atoms with van der Waals surface area (Å²) in [5.74, 6) is -0.974. The average Bonchev–Trinajstić information content (AvgIpc) is 3.22. The molecular formula is C14H19N3O3. The number of aliphatic carboxylic acids is 1. The highest BCUT2D eigenvalue weighted by atomic mass is 16.4. The number of rotatable bonds is 5. The Balaban J connectivity index is 1.92. The summed E-state index contributed by atoms with van der Waals surface area (Å²) in [7, 11) is 0.